The summed E-state index contributed by atoms with van der Waals surface area (Å²) in [5, 5.41) is 9.23. The van der Waals surface area contributed by atoms with E-state index >= 15 is 0 Å². The molecule has 0 aliphatic carbocycles. The molecule has 1 aromatic heterocycles. The molecule has 2 heterocycles. The molecular weight excluding hydrogens is 208 g/mol. The van der Waals surface area contributed by atoms with E-state index in [0.717, 1.165) is 30.1 Å². The summed E-state index contributed by atoms with van der Waals surface area (Å²) in [4.78, 5) is 11.7. The van der Waals surface area contributed by atoms with Crippen molar-refractivity contribution in [3.63, 3.8) is 0 Å². The lowest BCUT2D eigenvalue weighted by Crippen LogP contribution is -2.18. The second-order valence-corrected chi connectivity index (χ2v) is 4.96. The maximum absolute atomic E-state index is 11.7. The van der Waals surface area contributed by atoms with Crippen LogP contribution in [-0.2, 0) is 4.79 Å². The van der Waals surface area contributed by atoms with Crippen LogP contribution in [0.4, 0.5) is 5.00 Å². The highest BCUT2D eigenvalue weighted by molar-refractivity contribution is 7.14. The van der Waals surface area contributed by atoms with Gasteiger partial charge in [-0.1, -0.05) is 0 Å². The summed E-state index contributed by atoms with van der Waals surface area (Å²) in [5.74, 6) is 0.666. The number of amides is 1. The molecule has 1 unspecified atom stereocenters. The monoisotopic (exact) mass is 224 g/mol. The molecule has 1 aliphatic rings. The van der Waals surface area contributed by atoms with E-state index in [-0.39, 0.29) is 5.91 Å². The van der Waals surface area contributed by atoms with Gasteiger partial charge in [-0.3, -0.25) is 4.79 Å². The average molecular weight is 224 g/mol. The van der Waals surface area contributed by atoms with Crippen LogP contribution < -0.4 is 10.6 Å². The number of carbonyl (C=O) groups excluding carboxylic acids is 1. The Morgan fingerprint density at radius 2 is 2.60 bits per heavy atom. The molecule has 0 radical (unpaired) electrons. The third-order valence-corrected chi connectivity index (χ3v) is 3.68. The number of rotatable bonds is 3. The van der Waals surface area contributed by atoms with Gasteiger partial charge in [0.15, 0.2) is 0 Å². The number of carbonyl (C=O) groups is 1. The summed E-state index contributed by atoms with van der Waals surface area (Å²) in [6.07, 6.45) is 1.77. The van der Waals surface area contributed by atoms with Crippen LogP contribution >= 0.6 is 11.3 Å². The van der Waals surface area contributed by atoms with Gasteiger partial charge in [0, 0.05) is 6.42 Å². The van der Waals surface area contributed by atoms with Gasteiger partial charge in [0.2, 0.25) is 5.91 Å². The van der Waals surface area contributed by atoms with Gasteiger partial charge in [-0.15, -0.1) is 11.3 Å². The lowest BCUT2D eigenvalue weighted by molar-refractivity contribution is -0.116. The Hall–Kier alpha value is -0.870. The van der Waals surface area contributed by atoms with Gasteiger partial charge in [-0.2, -0.15) is 0 Å². The number of hydrogen-bond donors (Lipinski definition) is 2. The first-order valence-electron chi connectivity index (χ1n) is 5.30. The summed E-state index contributed by atoms with van der Waals surface area (Å²) >= 11 is 1.59. The number of anilines is 1. The first-order chi connectivity index (χ1) is 7.25. The SMILES string of the molecule is Cc1ccsc1NC(=O)CC1CCNC1. The molecule has 0 bridgehead atoms. The Balaban J connectivity index is 1.84. The minimum Gasteiger partial charge on any atom is -0.317 e. The molecule has 15 heavy (non-hydrogen) atoms. The zero-order chi connectivity index (χ0) is 10.7. The van der Waals surface area contributed by atoms with Crippen molar-refractivity contribution < 1.29 is 4.79 Å². The molecule has 1 fully saturated rings. The number of thiophene rings is 1. The van der Waals surface area contributed by atoms with Crippen LogP contribution in [0.15, 0.2) is 11.4 Å². The Labute approximate surface area is 93.9 Å². The fraction of sp³-hybridized carbons (Fsp3) is 0.545. The van der Waals surface area contributed by atoms with E-state index in [1.54, 1.807) is 11.3 Å². The van der Waals surface area contributed by atoms with Gasteiger partial charge in [0.25, 0.3) is 0 Å². The van der Waals surface area contributed by atoms with Gasteiger partial charge in [-0.25, -0.2) is 0 Å². The van der Waals surface area contributed by atoms with Gasteiger partial charge < -0.3 is 10.6 Å². The molecule has 1 aromatic rings. The Morgan fingerprint density at radius 1 is 1.73 bits per heavy atom. The topological polar surface area (TPSA) is 41.1 Å². The first-order valence-corrected chi connectivity index (χ1v) is 6.18. The van der Waals surface area contributed by atoms with E-state index in [1.165, 1.54) is 0 Å². The number of aryl methyl sites for hydroxylation is 1. The maximum atomic E-state index is 11.7. The zero-order valence-corrected chi connectivity index (χ0v) is 9.69. The molecule has 2 N–H and O–H groups in total. The fourth-order valence-corrected chi connectivity index (χ4v) is 2.66. The normalized spacial score (nSPS) is 20.5. The molecule has 0 spiro atoms. The highest BCUT2D eigenvalue weighted by Gasteiger charge is 2.18. The van der Waals surface area contributed by atoms with Crippen molar-refractivity contribution in [2.24, 2.45) is 5.92 Å². The molecule has 0 saturated carbocycles. The zero-order valence-electron chi connectivity index (χ0n) is 8.88. The van der Waals surface area contributed by atoms with Crippen LogP contribution in [-0.4, -0.2) is 19.0 Å². The molecule has 1 aliphatic heterocycles. The van der Waals surface area contributed by atoms with E-state index in [9.17, 15) is 4.79 Å². The molecule has 1 saturated heterocycles. The van der Waals surface area contributed by atoms with Crippen LogP contribution in [0.5, 0.6) is 0 Å². The second-order valence-electron chi connectivity index (χ2n) is 4.04. The molecular formula is C11H16N2OS. The lowest BCUT2D eigenvalue weighted by atomic mass is 10.0. The molecule has 0 aromatic carbocycles. The highest BCUT2D eigenvalue weighted by atomic mass is 32.1. The Bertz CT molecular complexity index is 342. The minimum absolute atomic E-state index is 0.147. The molecule has 82 valence electrons. The minimum atomic E-state index is 0.147. The van der Waals surface area contributed by atoms with Gasteiger partial charge in [0.1, 0.15) is 0 Å². The number of hydrogen-bond acceptors (Lipinski definition) is 3. The van der Waals surface area contributed by atoms with Crippen LogP contribution in [0.2, 0.25) is 0 Å². The maximum Gasteiger partial charge on any atom is 0.225 e. The largest absolute Gasteiger partial charge is 0.317 e. The van der Waals surface area contributed by atoms with Crippen LogP contribution in [0.25, 0.3) is 0 Å². The Morgan fingerprint density at radius 3 is 3.20 bits per heavy atom. The van der Waals surface area contributed by atoms with Crippen molar-refractivity contribution in [2.75, 3.05) is 18.4 Å². The number of nitrogens with one attached hydrogen (secondary N) is 2. The van der Waals surface area contributed by atoms with Crippen molar-refractivity contribution in [2.45, 2.75) is 19.8 Å². The van der Waals surface area contributed by atoms with Crippen LogP contribution in [0, 0.1) is 12.8 Å². The van der Waals surface area contributed by atoms with Crippen molar-refractivity contribution in [1.29, 1.82) is 0 Å². The average Bonchev–Trinajstić information content (AvgIpc) is 2.79. The van der Waals surface area contributed by atoms with Gasteiger partial charge >= 0.3 is 0 Å². The van der Waals surface area contributed by atoms with E-state index in [4.69, 9.17) is 0 Å². The lowest BCUT2D eigenvalue weighted by Gasteiger charge is -2.08. The highest BCUT2D eigenvalue weighted by Crippen LogP contribution is 2.22. The fourth-order valence-electron chi connectivity index (χ4n) is 1.83. The van der Waals surface area contributed by atoms with Crippen molar-refractivity contribution in [3.05, 3.63) is 17.0 Å². The summed E-state index contributed by atoms with van der Waals surface area (Å²) in [7, 11) is 0. The van der Waals surface area contributed by atoms with Crippen molar-refractivity contribution >= 4 is 22.2 Å². The first kappa shape index (κ1) is 10.6. The van der Waals surface area contributed by atoms with Gasteiger partial charge in [-0.05, 0) is 49.4 Å². The quantitative estimate of drug-likeness (QED) is 0.824. The van der Waals surface area contributed by atoms with Crippen molar-refractivity contribution in [3.8, 4) is 0 Å². The van der Waals surface area contributed by atoms with E-state index in [1.807, 2.05) is 18.4 Å². The van der Waals surface area contributed by atoms with Crippen LogP contribution in [0.1, 0.15) is 18.4 Å². The summed E-state index contributed by atoms with van der Waals surface area (Å²) in [6, 6.07) is 2.03. The van der Waals surface area contributed by atoms with E-state index < -0.39 is 0 Å². The second kappa shape index (κ2) is 4.77. The predicted octanol–water partition coefficient (Wildman–Crippen LogP) is 1.99. The molecule has 4 heteroatoms. The van der Waals surface area contributed by atoms with E-state index in [0.29, 0.717) is 12.3 Å². The standard InChI is InChI=1S/C11H16N2OS/c1-8-3-5-15-11(8)13-10(14)6-9-2-4-12-7-9/h3,5,9,12H,2,4,6-7H2,1H3,(H,13,14). The van der Waals surface area contributed by atoms with Gasteiger partial charge in [0.05, 0.1) is 5.00 Å². The molecule has 1 amide bonds. The summed E-state index contributed by atoms with van der Waals surface area (Å²) in [6.45, 7) is 4.05. The predicted molar refractivity (Wildman–Crippen MR) is 63.3 cm³/mol. The smallest absolute Gasteiger partial charge is 0.225 e. The third-order valence-electron chi connectivity index (χ3n) is 2.75. The Kier molecular flexibility index (Phi) is 3.38. The van der Waals surface area contributed by atoms with E-state index in [2.05, 4.69) is 10.6 Å². The molecule has 2 rings (SSSR count). The third kappa shape index (κ3) is 2.79. The van der Waals surface area contributed by atoms with Crippen LogP contribution in [0.3, 0.4) is 0 Å². The molecule has 3 nitrogen and oxygen atoms in total. The summed E-state index contributed by atoms with van der Waals surface area (Å²) < 4.78 is 0. The van der Waals surface area contributed by atoms with Crippen molar-refractivity contribution in [1.82, 2.24) is 5.32 Å². The summed E-state index contributed by atoms with van der Waals surface area (Å²) in [5.41, 5.74) is 1.15. The molecule has 1 atom stereocenters.